The molecule has 0 bridgehead atoms. The molecule has 1 amide bonds. The normalized spacial score (nSPS) is 17.0. The van der Waals surface area contributed by atoms with Gasteiger partial charge in [0.2, 0.25) is 11.7 Å². The molecular formula is C16H20ClN5O2. The number of piperidine rings is 1. The zero-order valence-electron chi connectivity index (χ0n) is 13.5. The van der Waals surface area contributed by atoms with Crippen molar-refractivity contribution < 1.29 is 9.90 Å². The molecule has 2 heterocycles. The van der Waals surface area contributed by atoms with Crippen LogP contribution in [-0.4, -0.2) is 55.3 Å². The van der Waals surface area contributed by atoms with Gasteiger partial charge in [0.15, 0.2) is 6.04 Å². The first-order chi connectivity index (χ1) is 11.6. The number of nitrogens with zero attached hydrogens (tertiary/aromatic N) is 5. The summed E-state index contributed by atoms with van der Waals surface area (Å²) in [5, 5.41) is 22.7. The van der Waals surface area contributed by atoms with Crippen LogP contribution in [0, 0.1) is 0 Å². The number of carbonyl (C=O) groups is 1. The van der Waals surface area contributed by atoms with E-state index in [1.165, 1.54) is 4.80 Å². The van der Waals surface area contributed by atoms with Gasteiger partial charge >= 0.3 is 0 Å². The second-order valence-electron chi connectivity index (χ2n) is 5.92. The number of amides is 1. The van der Waals surface area contributed by atoms with E-state index in [0.29, 0.717) is 43.2 Å². The summed E-state index contributed by atoms with van der Waals surface area (Å²) in [6, 6.07) is 6.68. The second-order valence-corrected chi connectivity index (χ2v) is 6.36. The monoisotopic (exact) mass is 349 g/mol. The zero-order valence-corrected chi connectivity index (χ0v) is 14.2. The van der Waals surface area contributed by atoms with E-state index in [1.54, 1.807) is 17.0 Å². The molecular weight excluding hydrogens is 330 g/mol. The van der Waals surface area contributed by atoms with E-state index < -0.39 is 6.04 Å². The average Bonchev–Trinajstić information content (AvgIpc) is 3.06. The highest BCUT2D eigenvalue weighted by Gasteiger charge is 2.29. The van der Waals surface area contributed by atoms with Crippen LogP contribution in [0.2, 0.25) is 5.02 Å². The summed E-state index contributed by atoms with van der Waals surface area (Å²) in [6.45, 7) is 3.05. The maximum Gasteiger partial charge on any atom is 0.249 e. The highest BCUT2D eigenvalue weighted by molar-refractivity contribution is 6.30. The quantitative estimate of drug-likeness (QED) is 0.911. The number of aliphatic hydroxyl groups excluding tert-OH is 1. The number of halogens is 1. The van der Waals surface area contributed by atoms with Gasteiger partial charge in [-0.15, -0.1) is 10.2 Å². The van der Waals surface area contributed by atoms with Crippen molar-refractivity contribution in [2.24, 2.45) is 0 Å². The Morgan fingerprint density at radius 3 is 2.62 bits per heavy atom. The first-order valence-corrected chi connectivity index (χ1v) is 8.48. The number of hydrogen-bond acceptors (Lipinski definition) is 5. The van der Waals surface area contributed by atoms with Crippen molar-refractivity contribution in [2.45, 2.75) is 38.3 Å². The van der Waals surface area contributed by atoms with Gasteiger partial charge in [-0.05, 0) is 48.7 Å². The van der Waals surface area contributed by atoms with E-state index in [0.717, 1.165) is 5.56 Å². The number of hydrogen-bond donors (Lipinski definition) is 1. The fourth-order valence-electron chi connectivity index (χ4n) is 2.81. The van der Waals surface area contributed by atoms with E-state index in [1.807, 2.05) is 19.1 Å². The SMILES string of the molecule is CCC(C(=O)N1CCC(O)CC1)n1nnc(-c2ccc(Cl)cc2)n1. The molecule has 0 aliphatic carbocycles. The fourth-order valence-corrected chi connectivity index (χ4v) is 2.93. The molecule has 1 aromatic carbocycles. The van der Waals surface area contributed by atoms with E-state index in [9.17, 15) is 9.90 Å². The van der Waals surface area contributed by atoms with Crippen molar-refractivity contribution in [3.63, 3.8) is 0 Å². The summed E-state index contributed by atoms with van der Waals surface area (Å²) in [5.74, 6) is 0.441. The van der Waals surface area contributed by atoms with Gasteiger partial charge < -0.3 is 10.0 Å². The van der Waals surface area contributed by atoms with Crippen molar-refractivity contribution in [3.8, 4) is 11.4 Å². The van der Waals surface area contributed by atoms with Crippen molar-refractivity contribution in [3.05, 3.63) is 29.3 Å². The lowest BCUT2D eigenvalue weighted by Gasteiger charge is -2.31. The lowest BCUT2D eigenvalue weighted by molar-refractivity contribution is -0.137. The van der Waals surface area contributed by atoms with Gasteiger partial charge in [0.1, 0.15) is 0 Å². The molecule has 1 saturated heterocycles. The first-order valence-electron chi connectivity index (χ1n) is 8.10. The Bertz CT molecular complexity index is 695. The lowest BCUT2D eigenvalue weighted by atomic mass is 10.1. The molecule has 0 spiro atoms. The molecule has 1 atom stereocenters. The predicted octanol–water partition coefficient (Wildman–Crippen LogP) is 1.93. The third-order valence-corrected chi connectivity index (χ3v) is 4.51. The van der Waals surface area contributed by atoms with Crippen LogP contribution in [0.1, 0.15) is 32.2 Å². The zero-order chi connectivity index (χ0) is 17.1. The Morgan fingerprint density at radius 1 is 1.33 bits per heavy atom. The number of rotatable bonds is 4. The van der Waals surface area contributed by atoms with Crippen LogP contribution < -0.4 is 0 Å². The Labute approximate surface area is 145 Å². The van der Waals surface area contributed by atoms with Crippen LogP contribution in [0.3, 0.4) is 0 Å². The van der Waals surface area contributed by atoms with Crippen molar-refractivity contribution >= 4 is 17.5 Å². The summed E-state index contributed by atoms with van der Waals surface area (Å²) < 4.78 is 0. The molecule has 24 heavy (non-hydrogen) atoms. The molecule has 3 rings (SSSR count). The minimum atomic E-state index is -0.478. The maximum atomic E-state index is 12.7. The Kier molecular flexibility index (Phi) is 5.11. The largest absolute Gasteiger partial charge is 0.393 e. The van der Waals surface area contributed by atoms with Crippen LogP contribution in [0.25, 0.3) is 11.4 Å². The van der Waals surface area contributed by atoms with Crippen LogP contribution in [0.5, 0.6) is 0 Å². The molecule has 2 aromatic rings. The van der Waals surface area contributed by atoms with E-state index >= 15 is 0 Å². The Morgan fingerprint density at radius 2 is 2.00 bits per heavy atom. The van der Waals surface area contributed by atoms with Gasteiger partial charge in [-0.25, -0.2) is 0 Å². The summed E-state index contributed by atoms with van der Waals surface area (Å²) in [6.07, 6.45) is 1.50. The third kappa shape index (κ3) is 3.57. The predicted molar refractivity (Wildman–Crippen MR) is 89.4 cm³/mol. The summed E-state index contributed by atoms with van der Waals surface area (Å²) >= 11 is 5.89. The van der Waals surface area contributed by atoms with Crippen LogP contribution >= 0.6 is 11.6 Å². The number of benzene rings is 1. The summed E-state index contributed by atoms with van der Waals surface area (Å²) in [7, 11) is 0. The summed E-state index contributed by atoms with van der Waals surface area (Å²) in [4.78, 5) is 15.9. The summed E-state index contributed by atoms with van der Waals surface area (Å²) in [5.41, 5.74) is 0.800. The number of aromatic nitrogens is 4. The first kappa shape index (κ1) is 16.9. The molecule has 8 heteroatoms. The molecule has 7 nitrogen and oxygen atoms in total. The van der Waals surface area contributed by atoms with Crippen LogP contribution in [0.4, 0.5) is 0 Å². The molecule has 1 aliphatic rings. The molecule has 0 saturated carbocycles. The molecule has 1 N–H and O–H groups in total. The van der Waals surface area contributed by atoms with E-state index in [4.69, 9.17) is 11.6 Å². The van der Waals surface area contributed by atoms with Crippen LogP contribution in [0.15, 0.2) is 24.3 Å². The topological polar surface area (TPSA) is 84.1 Å². The second kappa shape index (κ2) is 7.27. The van der Waals surface area contributed by atoms with E-state index in [-0.39, 0.29) is 12.0 Å². The van der Waals surface area contributed by atoms with Crippen molar-refractivity contribution in [1.82, 2.24) is 25.1 Å². The lowest BCUT2D eigenvalue weighted by Crippen LogP contribution is -2.43. The standard InChI is InChI=1S/C16H20ClN5O2/c1-2-14(16(24)21-9-7-13(23)8-10-21)22-19-15(18-20-22)11-3-5-12(17)6-4-11/h3-6,13-14,23H,2,7-10H2,1H3. The number of tetrazole rings is 1. The Hall–Kier alpha value is -1.99. The van der Waals surface area contributed by atoms with Gasteiger partial charge in [0, 0.05) is 23.7 Å². The molecule has 128 valence electrons. The van der Waals surface area contributed by atoms with Gasteiger partial charge in [-0.3, -0.25) is 4.79 Å². The number of carbonyl (C=O) groups excluding carboxylic acids is 1. The van der Waals surface area contributed by atoms with E-state index in [2.05, 4.69) is 15.4 Å². The van der Waals surface area contributed by atoms with Gasteiger partial charge in [-0.2, -0.15) is 4.80 Å². The maximum absolute atomic E-state index is 12.7. The number of likely N-dealkylation sites (tertiary alicyclic amines) is 1. The minimum Gasteiger partial charge on any atom is -0.393 e. The minimum absolute atomic E-state index is 0.0237. The molecule has 1 aromatic heterocycles. The highest BCUT2D eigenvalue weighted by Crippen LogP contribution is 2.20. The average molecular weight is 350 g/mol. The molecule has 1 unspecified atom stereocenters. The van der Waals surface area contributed by atoms with Gasteiger partial charge in [0.25, 0.3) is 0 Å². The third-order valence-electron chi connectivity index (χ3n) is 4.26. The molecule has 1 fully saturated rings. The highest BCUT2D eigenvalue weighted by atomic mass is 35.5. The smallest absolute Gasteiger partial charge is 0.249 e. The molecule has 0 radical (unpaired) electrons. The van der Waals surface area contributed by atoms with Gasteiger partial charge in [0.05, 0.1) is 6.10 Å². The molecule has 1 aliphatic heterocycles. The number of aliphatic hydroxyl groups is 1. The Balaban J connectivity index is 1.76. The fraction of sp³-hybridized carbons (Fsp3) is 0.500. The van der Waals surface area contributed by atoms with Crippen molar-refractivity contribution in [1.29, 1.82) is 0 Å². The van der Waals surface area contributed by atoms with Crippen LogP contribution in [-0.2, 0) is 4.79 Å². The van der Waals surface area contributed by atoms with Crippen molar-refractivity contribution in [2.75, 3.05) is 13.1 Å². The van der Waals surface area contributed by atoms with Gasteiger partial charge in [-0.1, -0.05) is 18.5 Å².